The van der Waals surface area contributed by atoms with Crippen LogP contribution in [0.5, 0.6) is 0 Å². The highest BCUT2D eigenvalue weighted by atomic mass is 19.1. The summed E-state index contributed by atoms with van der Waals surface area (Å²) in [6, 6.07) is 2.50. The van der Waals surface area contributed by atoms with Crippen molar-refractivity contribution in [2.75, 3.05) is 20.3 Å². The predicted octanol–water partition coefficient (Wildman–Crippen LogP) is 1.88. The fraction of sp³-hybridized carbons (Fsp3) is 0.533. The molecule has 1 amide bonds. The molecule has 0 saturated carbocycles. The van der Waals surface area contributed by atoms with Gasteiger partial charge in [-0.15, -0.1) is 0 Å². The Kier molecular flexibility index (Phi) is 4.90. The quantitative estimate of drug-likeness (QED) is 0.923. The second-order valence-corrected chi connectivity index (χ2v) is 5.42. The molecule has 1 aliphatic rings. The molecule has 4 nitrogen and oxygen atoms in total. The highest BCUT2D eigenvalue weighted by Gasteiger charge is 2.38. The molecule has 1 aromatic carbocycles. The lowest BCUT2D eigenvalue weighted by Crippen LogP contribution is -2.37. The largest absolute Gasteiger partial charge is 0.391 e. The second kappa shape index (κ2) is 6.49. The molecule has 0 aliphatic carbocycles. The molecule has 1 saturated heterocycles. The maximum absolute atomic E-state index is 13.9. The summed E-state index contributed by atoms with van der Waals surface area (Å²) in [4.78, 5) is 13.8. The molecule has 116 valence electrons. The van der Waals surface area contributed by atoms with E-state index in [1.807, 2.05) is 0 Å². The van der Waals surface area contributed by atoms with Crippen LogP contribution in [0.15, 0.2) is 18.2 Å². The molecule has 21 heavy (non-hydrogen) atoms. The van der Waals surface area contributed by atoms with E-state index in [0.29, 0.717) is 0 Å². The SMILES string of the molecule is COCC(C)C(=O)N1CC(O)CC1c1cc(F)ccc1F. The van der Waals surface area contributed by atoms with Gasteiger partial charge in [0.2, 0.25) is 5.91 Å². The topological polar surface area (TPSA) is 49.8 Å². The number of amides is 1. The van der Waals surface area contributed by atoms with Crippen molar-refractivity contribution in [3.8, 4) is 0 Å². The van der Waals surface area contributed by atoms with Gasteiger partial charge in [-0.2, -0.15) is 0 Å². The monoisotopic (exact) mass is 299 g/mol. The number of ether oxygens (including phenoxy) is 1. The molecule has 1 fully saturated rings. The number of carbonyl (C=O) groups excluding carboxylic acids is 1. The van der Waals surface area contributed by atoms with Crippen LogP contribution in [0.3, 0.4) is 0 Å². The number of benzene rings is 1. The van der Waals surface area contributed by atoms with Gasteiger partial charge in [0.25, 0.3) is 0 Å². The molecule has 6 heteroatoms. The van der Waals surface area contributed by atoms with E-state index < -0.39 is 29.7 Å². The van der Waals surface area contributed by atoms with Crippen LogP contribution in [0.2, 0.25) is 0 Å². The lowest BCUT2D eigenvalue weighted by Gasteiger charge is -2.27. The number of likely N-dealkylation sites (tertiary alicyclic amines) is 1. The van der Waals surface area contributed by atoms with Crippen molar-refractivity contribution >= 4 is 5.91 Å². The molecular weight excluding hydrogens is 280 g/mol. The minimum atomic E-state index is -0.739. The first-order valence-corrected chi connectivity index (χ1v) is 6.86. The zero-order valence-electron chi connectivity index (χ0n) is 12.1. The molecule has 1 aliphatic heterocycles. The number of carbonyl (C=O) groups is 1. The fourth-order valence-corrected chi connectivity index (χ4v) is 2.73. The van der Waals surface area contributed by atoms with E-state index in [9.17, 15) is 18.7 Å². The van der Waals surface area contributed by atoms with Crippen LogP contribution >= 0.6 is 0 Å². The number of halogens is 2. The summed E-state index contributed by atoms with van der Waals surface area (Å²) >= 11 is 0. The molecule has 1 heterocycles. The molecule has 1 aromatic rings. The number of hydrogen-bond acceptors (Lipinski definition) is 3. The van der Waals surface area contributed by atoms with Crippen LogP contribution in [0.4, 0.5) is 8.78 Å². The maximum atomic E-state index is 13.9. The number of β-amino-alcohol motifs (C(OH)–C–C–N with tert-alkyl or cyclic N) is 1. The Morgan fingerprint density at radius 2 is 2.24 bits per heavy atom. The maximum Gasteiger partial charge on any atom is 0.228 e. The second-order valence-electron chi connectivity index (χ2n) is 5.42. The molecule has 3 atom stereocenters. The highest BCUT2D eigenvalue weighted by molar-refractivity contribution is 5.79. The Hall–Kier alpha value is -1.53. The van der Waals surface area contributed by atoms with Crippen LogP contribution in [-0.2, 0) is 9.53 Å². The number of nitrogens with zero attached hydrogens (tertiary/aromatic N) is 1. The number of aliphatic hydroxyl groups excluding tert-OH is 1. The van der Waals surface area contributed by atoms with Crippen molar-refractivity contribution in [3.05, 3.63) is 35.4 Å². The summed E-state index contributed by atoms with van der Waals surface area (Å²) in [5.41, 5.74) is 0.101. The van der Waals surface area contributed by atoms with Gasteiger partial charge in [0.05, 0.1) is 24.7 Å². The van der Waals surface area contributed by atoms with Crippen molar-refractivity contribution in [2.24, 2.45) is 5.92 Å². The molecule has 3 unspecified atom stereocenters. The summed E-state index contributed by atoms with van der Waals surface area (Å²) in [7, 11) is 1.49. The molecule has 1 N–H and O–H groups in total. The predicted molar refractivity (Wildman–Crippen MR) is 72.5 cm³/mol. The molecule has 0 aromatic heterocycles. The summed E-state index contributed by atoms with van der Waals surface area (Å²) in [6.45, 7) is 2.06. The van der Waals surface area contributed by atoms with E-state index in [1.54, 1.807) is 6.92 Å². The van der Waals surface area contributed by atoms with Crippen molar-refractivity contribution in [3.63, 3.8) is 0 Å². The number of rotatable bonds is 4. The Morgan fingerprint density at radius 3 is 2.90 bits per heavy atom. The van der Waals surface area contributed by atoms with Gasteiger partial charge in [0.15, 0.2) is 0 Å². The minimum absolute atomic E-state index is 0.101. The van der Waals surface area contributed by atoms with Crippen LogP contribution in [0.1, 0.15) is 24.9 Å². The van der Waals surface area contributed by atoms with Gasteiger partial charge in [-0.1, -0.05) is 6.92 Å². The number of methoxy groups -OCH3 is 1. The third-order valence-electron chi connectivity index (χ3n) is 3.72. The first-order valence-electron chi connectivity index (χ1n) is 6.86. The van der Waals surface area contributed by atoms with Gasteiger partial charge < -0.3 is 14.7 Å². The molecule has 0 bridgehead atoms. The van der Waals surface area contributed by atoms with E-state index in [2.05, 4.69) is 0 Å². The lowest BCUT2D eigenvalue weighted by atomic mass is 10.0. The van der Waals surface area contributed by atoms with Crippen LogP contribution in [0, 0.1) is 17.6 Å². The van der Waals surface area contributed by atoms with Crippen molar-refractivity contribution in [1.82, 2.24) is 4.90 Å². The molecule has 0 radical (unpaired) electrons. The Labute approximate surface area is 122 Å². The number of aliphatic hydroxyl groups is 1. The average Bonchev–Trinajstić information content (AvgIpc) is 2.82. The Balaban J connectivity index is 2.28. The van der Waals surface area contributed by atoms with Gasteiger partial charge in [0.1, 0.15) is 11.6 Å². The number of hydrogen-bond donors (Lipinski definition) is 1. The first kappa shape index (κ1) is 15.9. The van der Waals surface area contributed by atoms with Gasteiger partial charge in [-0.25, -0.2) is 8.78 Å². The van der Waals surface area contributed by atoms with E-state index >= 15 is 0 Å². The van der Waals surface area contributed by atoms with E-state index in [1.165, 1.54) is 12.0 Å². The highest BCUT2D eigenvalue weighted by Crippen LogP contribution is 2.35. The van der Waals surface area contributed by atoms with E-state index in [-0.39, 0.29) is 31.0 Å². The van der Waals surface area contributed by atoms with E-state index in [0.717, 1.165) is 18.2 Å². The first-order chi connectivity index (χ1) is 9.93. The standard InChI is InChI=1S/C15H19F2NO3/c1-9(8-21-2)15(20)18-7-11(19)6-14(18)12-5-10(16)3-4-13(12)17/h3-5,9,11,14,19H,6-8H2,1-2H3. The van der Waals surface area contributed by atoms with Crippen molar-refractivity contribution in [2.45, 2.75) is 25.5 Å². The Bertz CT molecular complexity index is 524. The van der Waals surface area contributed by atoms with E-state index in [4.69, 9.17) is 4.74 Å². The Morgan fingerprint density at radius 1 is 1.52 bits per heavy atom. The fourth-order valence-electron chi connectivity index (χ4n) is 2.73. The van der Waals surface area contributed by atoms with Gasteiger partial charge in [-0.05, 0) is 24.6 Å². The van der Waals surface area contributed by atoms with Crippen LogP contribution in [0.25, 0.3) is 0 Å². The minimum Gasteiger partial charge on any atom is -0.391 e. The third kappa shape index (κ3) is 3.39. The van der Waals surface area contributed by atoms with Crippen molar-refractivity contribution in [1.29, 1.82) is 0 Å². The lowest BCUT2D eigenvalue weighted by molar-refractivity contribution is -0.137. The van der Waals surface area contributed by atoms with Gasteiger partial charge in [-0.3, -0.25) is 4.79 Å². The van der Waals surface area contributed by atoms with Gasteiger partial charge in [0, 0.05) is 19.2 Å². The average molecular weight is 299 g/mol. The zero-order valence-corrected chi connectivity index (χ0v) is 12.1. The van der Waals surface area contributed by atoms with Crippen LogP contribution in [-0.4, -0.2) is 42.3 Å². The summed E-state index contributed by atoms with van der Waals surface area (Å²) in [6.07, 6.45) is -0.539. The normalized spacial score (nSPS) is 23.4. The molecular formula is C15H19F2NO3. The zero-order chi connectivity index (χ0) is 15.6. The molecule has 0 spiro atoms. The summed E-state index contributed by atoms with van der Waals surface area (Å²) in [5.74, 6) is -1.78. The third-order valence-corrected chi connectivity index (χ3v) is 3.72. The summed E-state index contributed by atoms with van der Waals surface area (Å²) in [5, 5.41) is 9.81. The van der Waals surface area contributed by atoms with Crippen molar-refractivity contribution < 1.29 is 23.4 Å². The summed E-state index contributed by atoms with van der Waals surface area (Å²) < 4.78 is 32.2. The molecule has 2 rings (SSSR count). The van der Waals surface area contributed by atoms with Gasteiger partial charge >= 0.3 is 0 Å². The smallest absolute Gasteiger partial charge is 0.228 e. The van der Waals surface area contributed by atoms with Crippen LogP contribution < -0.4 is 0 Å².